The molecular formula is C22H31FN2O2. The molecule has 1 unspecified atom stereocenters. The highest BCUT2D eigenvalue weighted by Crippen LogP contribution is 2.19. The highest BCUT2D eigenvalue weighted by molar-refractivity contribution is 5.78. The second-order valence-electron chi connectivity index (χ2n) is 7.64. The first-order valence-electron chi connectivity index (χ1n) is 10.2. The van der Waals surface area contributed by atoms with Crippen molar-refractivity contribution in [2.45, 2.75) is 57.6 Å². The smallest absolute Gasteiger partial charge is 0.234 e. The van der Waals surface area contributed by atoms with Crippen molar-refractivity contribution in [1.82, 2.24) is 10.2 Å². The lowest BCUT2D eigenvalue weighted by Gasteiger charge is -2.25. The van der Waals surface area contributed by atoms with Gasteiger partial charge >= 0.3 is 0 Å². The molecule has 1 aromatic rings. The van der Waals surface area contributed by atoms with Crippen molar-refractivity contribution in [3.05, 3.63) is 47.3 Å². The molecule has 0 aromatic heterocycles. The number of hydrogen-bond acceptors (Lipinski definition) is 3. The molecule has 1 N–H and O–H groups in total. The van der Waals surface area contributed by atoms with Crippen LogP contribution in [0.4, 0.5) is 4.39 Å². The lowest BCUT2D eigenvalue weighted by molar-refractivity contribution is -0.122. The predicted octanol–water partition coefficient (Wildman–Crippen LogP) is 3.81. The molecule has 27 heavy (non-hydrogen) atoms. The zero-order valence-corrected chi connectivity index (χ0v) is 16.1. The molecule has 1 aliphatic carbocycles. The van der Waals surface area contributed by atoms with E-state index in [9.17, 15) is 9.18 Å². The molecule has 1 saturated heterocycles. The number of benzene rings is 1. The lowest BCUT2D eigenvalue weighted by Crippen LogP contribution is -2.40. The summed E-state index contributed by atoms with van der Waals surface area (Å²) >= 11 is 0. The van der Waals surface area contributed by atoms with E-state index in [2.05, 4.69) is 16.3 Å². The SMILES string of the molecule is O=C(CN(Cc1cccc(F)c1)CC1CCCO1)NCCC1=CCCCC1. The summed E-state index contributed by atoms with van der Waals surface area (Å²) in [6.45, 7) is 3.05. The fourth-order valence-electron chi connectivity index (χ4n) is 3.91. The third kappa shape index (κ3) is 7.07. The van der Waals surface area contributed by atoms with Gasteiger partial charge in [-0.05, 0) is 62.6 Å². The van der Waals surface area contributed by atoms with Crippen molar-refractivity contribution < 1.29 is 13.9 Å². The van der Waals surface area contributed by atoms with Gasteiger partial charge in [0.15, 0.2) is 0 Å². The lowest BCUT2D eigenvalue weighted by atomic mass is 9.97. The van der Waals surface area contributed by atoms with Crippen LogP contribution >= 0.6 is 0 Å². The van der Waals surface area contributed by atoms with Crippen molar-refractivity contribution in [2.75, 3.05) is 26.2 Å². The van der Waals surface area contributed by atoms with Crippen LogP contribution in [0.25, 0.3) is 0 Å². The van der Waals surface area contributed by atoms with E-state index >= 15 is 0 Å². The van der Waals surface area contributed by atoms with E-state index in [1.807, 2.05) is 6.07 Å². The second-order valence-corrected chi connectivity index (χ2v) is 7.64. The molecule has 1 heterocycles. The second kappa shape index (κ2) is 10.6. The summed E-state index contributed by atoms with van der Waals surface area (Å²) in [5, 5.41) is 3.05. The molecule has 1 amide bonds. The first-order valence-corrected chi connectivity index (χ1v) is 10.2. The summed E-state index contributed by atoms with van der Waals surface area (Å²) in [6, 6.07) is 6.60. The molecule has 5 heteroatoms. The number of ether oxygens (including phenoxy) is 1. The minimum atomic E-state index is -0.241. The third-order valence-corrected chi connectivity index (χ3v) is 5.30. The van der Waals surface area contributed by atoms with Gasteiger partial charge in [-0.1, -0.05) is 23.8 Å². The molecule has 0 spiro atoms. The molecule has 0 bridgehead atoms. The number of allylic oxidation sites excluding steroid dienone is 1. The first kappa shape index (κ1) is 20.0. The highest BCUT2D eigenvalue weighted by Gasteiger charge is 2.21. The van der Waals surface area contributed by atoms with Crippen molar-refractivity contribution in [2.24, 2.45) is 0 Å². The largest absolute Gasteiger partial charge is 0.377 e. The van der Waals surface area contributed by atoms with Gasteiger partial charge in [-0.2, -0.15) is 0 Å². The minimum absolute atomic E-state index is 0.0285. The van der Waals surface area contributed by atoms with Crippen LogP contribution in [0.15, 0.2) is 35.9 Å². The first-order chi connectivity index (χ1) is 13.2. The van der Waals surface area contributed by atoms with E-state index in [-0.39, 0.29) is 17.8 Å². The van der Waals surface area contributed by atoms with E-state index in [1.165, 1.54) is 43.4 Å². The van der Waals surface area contributed by atoms with Gasteiger partial charge < -0.3 is 10.1 Å². The predicted molar refractivity (Wildman–Crippen MR) is 105 cm³/mol. The van der Waals surface area contributed by atoms with Gasteiger partial charge in [-0.25, -0.2) is 4.39 Å². The van der Waals surface area contributed by atoms with Gasteiger partial charge in [0.2, 0.25) is 5.91 Å². The minimum Gasteiger partial charge on any atom is -0.377 e. The van der Waals surface area contributed by atoms with Crippen LogP contribution in [-0.4, -0.2) is 43.2 Å². The Bertz CT molecular complexity index is 641. The van der Waals surface area contributed by atoms with Crippen LogP contribution in [0.1, 0.15) is 50.5 Å². The van der Waals surface area contributed by atoms with E-state index in [0.29, 0.717) is 26.2 Å². The van der Waals surface area contributed by atoms with Gasteiger partial charge in [-0.3, -0.25) is 9.69 Å². The van der Waals surface area contributed by atoms with E-state index in [0.717, 1.165) is 31.4 Å². The Hall–Kier alpha value is -1.72. The standard InChI is InChI=1S/C22H31FN2O2/c23-20-9-4-8-19(14-20)15-25(16-21-10-5-13-27-21)17-22(26)24-12-11-18-6-2-1-3-7-18/h4,6,8-9,14,21H,1-3,5,7,10-13,15-17H2,(H,24,26). The number of carbonyl (C=O) groups excluding carboxylic acids is 1. The average Bonchev–Trinajstić information content (AvgIpc) is 3.15. The Kier molecular flexibility index (Phi) is 7.84. The van der Waals surface area contributed by atoms with Gasteiger partial charge in [0, 0.05) is 26.2 Å². The molecule has 2 aliphatic rings. The van der Waals surface area contributed by atoms with Gasteiger partial charge in [0.25, 0.3) is 0 Å². The quantitative estimate of drug-likeness (QED) is 0.668. The highest BCUT2D eigenvalue weighted by atomic mass is 19.1. The summed E-state index contributed by atoms with van der Waals surface area (Å²) in [7, 11) is 0. The van der Waals surface area contributed by atoms with E-state index < -0.39 is 0 Å². The zero-order valence-electron chi connectivity index (χ0n) is 16.1. The Balaban J connectivity index is 1.49. The van der Waals surface area contributed by atoms with Gasteiger partial charge in [0.05, 0.1) is 12.6 Å². The van der Waals surface area contributed by atoms with Gasteiger partial charge in [0.1, 0.15) is 5.82 Å². The van der Waals surface area contributed by atoms with Crippen molar-refractivity contribution in [3.8, 4) is 0 Å². The Morgan fingerprint density at radius 3 is 2.96 bits per heavy atom. The molecule has 148 valence electrons. The summed E-state index contributed by atoms with van der Waals surface area (Å²) < 4.78 is 19.2. The van der Waals surface area contributed by atoms with Crippen LogP contribution in [0.5, 0.6) is 0 Å². The summed E-state index contributed by atoms with van der Waals surface area (Å²) in [5.41, 5.74) is 2.35. The van der Waals surface area contributed by atoms with Gasteiger partial charge in [-0.15, -0.1) is 0 Å². The number of halogens is 1. The molecule has 4 nitrogen and oxygen atoms in total. The Morgan fingerprint density at radius 2 is 2.22 bits per heavy atom. The fourth-order valence-corrected chi connectivity index (χ4v) is 3.91. The van der Waals surface area contributed by atoms with Crippen LogP contribution in [0.2, 0.25) is 0 Å². The van der Waals surface area contributed by atoms with Crippen LogP contribution < -0.4 is 5.32 Å². The van der Waals surface area contributed by atoms with Crippen molar-refractivity contribution >= 4 is 5.91 Å². The number of carbonyl (C=O) groups is 1. The topological polar surface area (TPSA) is 41.6 Å². The van der Waals surface area contributed by atoms with Crippen LogP contribution in [0, 0.1) is 5.82 Å². The molecule has 3 rings (SSSR count). The molecule has 1 aliphatic heterocycles. The number of nitrogens with one attached hydrogen (secondary N) is 1. The number of hydrogen-bond donors (Lipinski definition) is 1. The fraction of sp³-hybridized carbons (Fsp3) is 0.591. The number of amides is 1. The molecule has 1 atom stereocenters. The maximum atomic E-state index is 13.5. The summed E-state index contributed by atoms with van der Waals surface area (Å²) in [5.74, 6) is -0.212. The van der Waals surface area contributed by atoms with E-state index in [4.69, 9.17) is 4.74 Å². The van der Waals surface area contributed by atoms with Crippen LogP contribution in [-0.2, 0) is 16.1 Å². The number of nitrogens with zero attached hydrogens (tertiary/aromatic N) is 1. The maximum Gasteiger partial charge on any atom is 0.234 e. The molecular weight excluding hydrogens is 343 g/mol. The molecule has 1 fully saturated rings. The maximum absolute atomic E-state index is 13.5. The normalized spacial score (nSPS) is 19.9. The molecule has 1 aromatic carbocycles. The molecule has 0 saturated carbocycles. The Morgan fingerprint density at radius 1 is 1.30 bits per heavy atom. The molecule has 0 radical (unpaired) electrons. The van der Waals surface area contributed by atoms with Crippen molar-refractivity contribution in [3.63, 3.8) is 0 Å². The van der Waals surface area contributed by atoms with E-state index in [1.54, 1.807) is 6.07 Å². The zero-order chi connectivity index (χ0) is 18.9. The summed E-state index contributed by atoms with van der Waals surface area (Å²) in [4.78, 5) is 14.5. The average molecular weight is 375 g/mol. The third-order valence-electron chi connectivity index (χ3n) is 5.30. The summed E-state index contributed by atoms with van der Waals surface area (Å²) in [6.07, 6.45) is 10.4. The van der Waals surface area contributed by atoms with Crippen LogP contribution in [0.3, 0.4) is 0 Å². The number of rotatable bonds is 9. The van der Waals surface area contributed by atoms with Crippen molar-refractivity contribution in [1.29, 1.82) is 0 Å². The Labute approximate surface area is 161 Å². The monoisotopic (exact) mass is 374 g/mol.